The third kappa shape index (κ3) is 4.11. The molecule has 1 aromatic heterocycles. The molecule has 0 atom stereocenters. The quantitative estimate of drug-likeness (QED) is 0.639. The number of halogens is 1. The second kappa shape index (κ2) is 7.84. The minimum atomic E-state index is -0.149. The molecule has 2 aromatic carbocycles. The van der Waals surface area contributed by atoms with Gasteiger partial charge in [0.2, 0.25) is 5.91 Å². The van der Waals surface area contributed by atoms with Crippen molar-refractivity contribution in [3.63, 3.8) is 0 Å². The topological polar surface area (TPSA) is 64.0 Å². The Balaban J connectivity index is 1.73. The summed E-state index contributed by atoms with van der Waals surface area (Å²) in [4.78, 5) is 30.0. The molecule has 25 heavy (non-hydrogen) atoms. The SMILES string of the molecule is CSc1ccccc1NC(=O)CCn1cnc2ccc(Br)cc2c1=O. The number of hydrogen-bond acceptors (Lipinski definition) is 4. The molecule has 0 fully saturated rings. The molecule has 0 unspecified atom stereocenters. The second-order valence-corrected chi connectivity index (χ2v) is 7.17. The Morgan fingerprint density at radius 1 is 1.28 bits per heavy atom. The summed E-state index contributed by atoms with van der Waals surface area (Å²) in [5.74, 6) is -0.136. The number of fused-ring (bicyclic) bond motifs is 1. The van der Waals surface area contributed by atoms with Crippen LogP contribution in [-0.4, -0.2) is 21.7 Å². The monoisotopic (exact) mass is 417 g/mol. The zero-order chi connectivity index (χ0) is 17.8. The number of para-hydroxylation sites is 1. The molecule has 3 rings (SSSR count). The van der Waals surface area contributed by atoms with E-state index in [9.17, 15) is 9.59 Å². The molecule has 0 aliphatic rings. The zero-order valence-corrected chi connectivity index (χ0v) is 15.9. The molecule has 128 valence electrons. The third-order valence-corrected chi connectivity index (χ3v) is 5.04. The molecule has 0 radical (unpaired) electrons. The average molecular weight is 418 g/mol. The summed E-state index contributed by atoms with van der Waals surface area (Å²) in [5, 5.41) is 3.43. The first kappa shape index (κ1) is 17.7. The van der Waals surface area contributed by atoms with Crippen LogP contribution in [-0.2, 0) is 11.3 Å². The summed E-state index contributed by atoms with van der Waals surface area (Å²) in [6.07, 6.45) is 3.65. The van der Waals surface area contributed by atoms with E-state index in [0.717, 1.165) is 15.1 Å². The summed E-state index contributed by atoms with van der Waals surface area (Å²) < 4.78 is 2.29. The van der Waals surface area contributed by atoms with Crippen LogP contribution < -0.4 is 10.9 Å². The number of aromatic nitrogens is 2. The van der Waals surface area contributed by atoms with E-state index in [1.54, 1.807) is 23.9 Å². The first-order chi connectivity index (χ1) is 12.1. The standard InChI is InChI=1S/C18H16BrN3O2S/c1-25-16-5-3-2-4-15(16)21-17(23)8-9-22-11-20-14-7-6-12(19)10-13(14)18(22)24/h2-7,10-11H,8-9H2,1H3,(H,21,23). The maximum atomic E-state index is 12.5. The Morgan fingerprint density at radius 2 is 2.08 bits per heavy atom. The molecule has 7 heteroatoms. The van der Waals surface area contributed by atoms with Gasteiger partial charge in [-0.15, -0.1) is 11.8 Å². The van der Waals surface area contributed by atoms with Crippen LogP contribution >= 0.6 is 27.7 Å². The van der Waals surface area contributed by atoms with Crippen molar-refractivity contribution in [2.24, 2.45) is 0 Å². The van der Waals surface area contributed by atoms with Crippen molar-refractivity contribution in [1.29, 1.82) is 0 Å². The average Bonchev–Trinajstić information content (AvgIpc) is 2.62. The van der Waals surface area contributed by atoms with Crippen molar-refractivity contribution in [2.45, 2.75) is 17.9 Å². The van der Waals surface area contributed by atoms with Crippen molar-refractivity contribution in [3.8, 4) is 0 Å². The Morgan fingerprint density at radius 3 is 2.88 bits per heavy atom. The fourth-order valence-electron chi connectivity index (χ4n) is 2.47. The predicted octanol–water partition coefficient (Wildman–Crippen LogP) is 3.91. The van der Waals surface area contributed by atoms with Crippen LogP contribution in [0.15, 0.2) is 63.0 Å². The molecule has 3 aromatic rings. The summed E-state index contributed by atoms with van der Waals surface area (Å²) >= 11 is 4.93. The van der Waals surface area contributed by atoms with Crippen LogP contribution in [0.1, 0.15) is 6.42 Å². The highest BCUT2D eigenvalue weighted by Gasteiger charge is 2.09. The van der Waals surface area contributed by atoms with Gasteiger partial charge >= 0.3 is 0 Å². The van der Waals surface area contributed by atoms with Crippen LogP contribution in [0.25, 0.3) is 10.9 Å². The van der Waals surface area contributed by atoms with E-state index in [0.29, 0.717) is 10.9 Å². The number of benzene rings is 2. The fraction of sp³-hybridized carbons (Fsp3) is 0.167. The van der Waals surface area contributed by atoms with E-state index in [2.05, 4.69) is 26.2 Å². The molecule has 0 aliphatic carbocycles. The van der Waals surface area contributed by atoms with Gasteiger partial charge in [0.05, 0.1) is 22.9 Å². The molecule has 5 nitrogen and oxygen atoms in total. The molecule has 1 N–H and O–H groups in total. The van der Waals surface area contributed by atoms with Crippen molar-refractivity contribution in [2.75, 3.05) is 11.6 Å². The number of aryl methyl sites for hydroxylation is 1. The number of carbonyl (C=O) groups is 1. The summed E-state index contributed by atoms with van der Waals surface area (Å²) in [7, 11) is 0. The van der Waals surface area contributed by atoms with Crippen LogP contribution in [0.2, 0.25) is 0 Å². The second-order valence-electron chi connectivity index (χ2n) is 5.40. The Labute approximate surface area is 157 Å². The molecule has 1 amide bonds. The maximum Gasteiger partial charge on any atom is 0.261 e. The highest BCUT2D eigenvalue weighted by Crippen LogP contribution is 2.24. The van der Waals surface area contributed by atoms with Gasteiger partial charge in [-0.1, -0.05) is 28.1 Å². The molecule has 0 saturated carbocycles. The lowest BCUT2D eigenvalue weighted by Crippen LogP contribution is -2.23. The van der Waals surface area contributed by atoms with Gasteiger partial charge in [-0.2, -0.15) is 0 Å². The number of rotatable bonds is 5. The number of nitrogens with one attached hydrogen (secondary N) is 1. The van der Waals surface area contributed by atoms with Crippen molar-refractivity contribution >= 4 is 50.2 Å². The van der Waals surface area contributed by atoms with Gasteiger partial charge in [0.1, 0.15) is 0 Å². The van der Waals surface area contributed by atoms with Gasteiger partial charge in [-0.25, -0.2) is 4.98 Å². The highest BCUT2D eigenvalue weighted by atomic mass is 79.9. The minimum absolute atomic E-state index is 0.136. The molecule has 0 saturated heterocycles. The summed E-state index contributed by atoms with van der Waals surface area (Å²) in [6, 6.07) is 13.0. The fourth-order valence-corrected chi connectivity index (χ4v) is 3.39. The van der Waals surface area contributed by atoms with Crippen molar-refractivity contribution in [3.05, 3.63) is 63.6 Å². The first-order valence-electron chi connectivity index (χ1n) is 7.66. The number of thioether (sulfide) groups is 1. The Hall–Kier alpha value is -2.12. The van der Waals surface area contributed by atoms with Gasteiger partial charge in [0.25, 0.3) is 5.56 Å². The zero-order valence-electron chi connectivity index (χ0n) is 13.5. The molecule has 0 spiro atoms. The van der Waals surface area contributed by atoms with Crippen LogP contribution in [0, 0.1) is 0 Å². The lowest BCUT2D eigenvalue weighted by Gasteiger charge is -2.10. The molecule has 0 bridgehead atoms. The van der Waals surface area contributed by atoms with Gasteiger partial charge in [-0.3, -0.25) is 14.2 Å². The van der Waals surface area contributed by atoms with Crippen molar-refractivity contribution in [1.82, 2.24) is 9.55 Å². The molecule has 0 aliphatic heterocycles. The number of amides is 1. The van der Waals surface area contributed by atoms with E-state index in [-0.39, 0.29) is 24.4 Å². The molecular weight excluding hydrogens is 402 g/mol. The number of hydrogen-bond donors (Lipinski definition) is 1. The van der Waals surface area contributed by atoms with E-state index in [1.807, 2.05) is 36.6 Å². The van der Waals surface area contributed by atoms with E-state index >= 15 is 0 Å². The Bertz CT molecular complexity index is 987. The predicted molar refractivity (Wildman–Crippen MR) is 105 cm³/mol. The van der Waals surface area contributed by atoms with Gasteiger partial charge in [0.15, 0.2) is 0 Å². The normalized spacial score (nSPS) is 10.8. The third-order valence-electron chi connectivity index (χ3n) is 3.75. The first-order valence-corrected chi connectivity index (χ1v) is 9.68. The van der Waals surface area contributed by atoms with Gasteiger partial charge in [-0.05, 0) is 36.6 Å². The van der Waals surface area contributed by atoms with Crippen LogP contribution in [0.4, 0.5) is 5.69 Å². The van der Waals surface area contributed by atoms with E-state index < -0.39 is 0 Å². The minimum Gasteiger partial charge on any atom is -0.325 e. The number of anilines is 1. The molecule has 1 heterocycles. The Kier molecular flexibility index (Phi) is 5.55. The van der Waals surface area contributed by atoms with E-state index in [1.165, 1.54) is 10.9 Å². The largest absolute Gasteiger partial charge is 0.325 e. The number of carbonyl (C=O) groups excluding carboxylic acids is 1. The van der Waals surface area contributed by atoms with Crippen LogP contribution in [0.5, 0.6) is 0 Å². The highest BCUT2D eigenvalue weighted by molar-refractivity contribution is 9.10. The lowest BCUT2D eigenvalue weighted by molar-refractivity contribution is -0.116. The summed E-state index contributed by atoms with van der Waals surface area (Å²) in [5.41, 5.74) is 1.28. The van der Waals surface area contributed by atoms with Gasteiger partial charge in [0, 0.05) is 22.3 Å². The van der Waals surface area contributed by atoms with Crippen LogP contribution in [0.3, 0.4) is 0 Å². The smallest absolute Gasteiger partial charge is 0.261 e. The maximum absolute atomic E-state index is 12.5. The lowest BCUT2D eigenvalue weighted by atomic mass is 10.2. The van der Waals surface area contributed by atoms with Crippen molar-refractivity contribution < 1.29 is 4.79 Å². The van der Waals surface area contributed by atoms with E-state index in [4.69, 9.17) is 0 Å². The number of nitrogens with zero attached hydrogens (tertiary/aromatic N) is 2. The van der Waals surface area contributed by atoms with Gasteiger partial charge < -0.3 is 5.32 Å². The molecular formula is C18H16BrN3O2S. The summed E-state index contributed by atoms with van der Waals surface area (Å²) in [6.45, 7) is 0.279.